The molecule has 18 heavy (non-hydrogen) atoms. The summed E-state index contributed by atoms with van der Waals surface area (Å²) in [6.45, 7) is 5.15. The number of hydrogen-bond donors (Lipinski definition) is 1. The number of nitrogens with zero attached hydrogens (tertiary/aromatic N) is 4. The summed E-state index contributed by atoms with van der Waals surface area (Å²) in [6.07, 6.45) is 3.70. The smallest absolute Gasteiger partial charge is 0.0916 e. The predicted molar refractivity (Wildman–Crippen MR) is 72.6 cm³/mol. The number of aromatic nitrogens is 4. The fourth-order valence-corrected chi connectivity index (χ4v) is 2.47. The second-order valence-corrected chi connectivity index (χ2v) is 4.81. The molecule has 0 bridgehead atoms. The second kappa shape index (κ2) is 6.06. The van der Waals surface area contributed by atoms with Crippen LogP contribution in [0.15, 0.2) is 12.3 Å². The molecule has 0 saturated carbocycles. The van der Waals surface area contributed by atoms with Crippen molar-refractivity contribution in [3.8, 4) is 0 Å². The van der Waals surface area contributed by atoms with Gasteiger partial charge >= 0.3 is 0 Å². The fourth-order valence-electron chi connectivity index (χ4n) is 2.00. The van der Waals surface area contributed by atoms with Crippen molar-refractivity contribution in [3.63, 3.8) is 0 Å². The van der Waals surface area contributed by atoms with Crippen LogP contribution in [0.1, 0.15) is 37.0 Å². The molecule has 5 nitrogen and oxygen atoms in total. The summed E-state index contributed by atoms with van der Waals surface area (Å²) in [7, 11) is 2.00. The lowest BCUT2D eigenvalue weighted by Gasteiger charge is -2.15. The zero-order chi connectivity index (χ0) is 13.0. The first-order valence-corrected chi connectivity index (χ1v) is 7.00. The number of aryl methyl sites for hydroxylation is 2. The van der Waals surface area contributed by atoms with E-state index in [4.69, 9.17) is 0 Å². The molecule has 0 amide bonds. The average Bonchev–Trinajstić information content (AvgIpc) is 2.99. The summed E-state index contributed by atoms with van der Waals surface area (Å²) in [6, 6.07) is 2.39. The largest absolute Gasteiger partial charge is 0.309 e. The van der Waals surface area contributed by atoms with Crippen LogP contribution in [0.3, 0.4) is 0 Å². The Morgan fingerprint density at radius 3 is 2.83 bits per heavy atom. The Labute approximate surface area is 112 Å². The minimum Gasteiger partial charge on any atom is -0.309 e. The van der Waals surface area contributed by atoms with E-state index in [-0.39, 0.29) is 6.04 Å². The number of rotatable bonds is 6. The van der Waals surface area contributed by atoms with Crippen LogP contribution in [0, 0.1) is 0 Å². The van der Waals surface area contributed by atoms with Crippen molar-refractivity contribution in [2.75, 3.05) is 6.54 Å². The molecular formula is C12H19N5S. The summed E-state index contributed by atoms with van der Waals surface area (Å²) < 4.78 is 10.4. The van der Waals surface area contributed by atoms with Gasteiger partial charge in [-0.15, -0.1) is 0 Å². The van der Waals surface area contributed by atoms with Crippen molar-refractivity contribution in [2.45, 2.75) is 32.7 Å². The van der Waals surface area contributed by atoms with E-state index in [0.717, 1.165) is 30.8 Å². The third-order valence-electron chi connectivity index (χ3n) is 2.99. The lowest BCUT2D eigenvalue weighted by atomic mass is 10.1. The molecule has 0 fully saturated rings. The van der Waals surface area contributed by atoms with Crippen molar-refractivity contribution < 1.29 is 0 Å². The maximum atomic E-state index is 4.48. The Morgan fingerprint density at radius 1 is 1.44 bits per heavy atom. The van der Waals surface area contributed by atoms with Gasteiger partial charge in [-0.1, -0.05) is 13.8 Å². The maximum Gasteiger partial charge on any atom is 0.0916 e. The summed E-state index contributed by atoms with van der Waals surface area (Å²) in [4.78, 5) is 0. The van der Waals surface area contributed by atoms with Gasteiger partial charge in [0, 0.05) is 19.2 Å². The third kappa shape index (κ3) is 2.94. The zero-order valence-corrected chi connectivity index (χ0v) is 11.9. The summed E-state index contributed by atoms with van der Waals surface area (Å²) in [5.74, 6) is 0. The van der Waals surface area contributed by atoms with Gasteiger partial charge in [-0.05, 0) is 19.0 Å². The van der Waals surface area contributed by atoms with Gasteiger partial charge in [-0.25, -0.2) is 0 Å². The van der Waals surface area contributed by atoms with Gasteiger partial charge in [0.05, 0.1) is 35.4 Å². The zero-order valence-electron chi connectivity index (χ0n) is 11.1. The van der Waals surface area contributed by atoms with Gasteiger partial charge in [0.15, 0.2) is 0 Å². The van der Waals surface area contributed by atoms with Gasteiger partial charge in [-0.2, -0.15) is 13.8 Å². The maximum absolute atomic E-state index is 4.48. The topological polar surface area (TPSA) is 55.6 Å². The quantitative estimate of drug-likeness (QED) is 0.864. The van der Waals surface area contributed by atoms with E-state index in [1.165, 1.54) is 17.4 Å². The molecule has 2 heterocycles. The Bertz CT molecular complexity index is 477. The van der Waals surface area contributed by atoms with E-state index in [0.29, 0.717) is 0 Å². The Morgan fingerprint density at radius 2 is 2.28 bits per heavy atom. The van der Waals surface area contributed by atoms with Crippen LogP contribution in [0.5, 0.6) is 0 Å². The molecule has 2 aromatic rings. The molecule has 1 unspecified atom stereocenters. The van der Waals surface area contributed by atoms with Crippen molar-refractivity contribution >= 4 is 11.7 Å². The average molecular weight is 265 g/mol. The highest BCUT2D eigenvalue weighted by atomic mass is 32.1. The van der Waals surface area contributed by atoms with Gasteiger partial charge in [-0.3, -0.25) is 4.68 Å². The minimum absolute atomic E-state index is 0.217. The van der Waals surface area contributed by atoms with Crippen molar-refractivity contribution in [2.24, 2.45) is 7.05 Å². The molecule has 2 rings (SSSR count). The first-order chi connectivity index (χ1) is 8.74. The number of likely N-dealkylation sites (N-methyl/N-ethyl adjacent to an activating group) is 1. The number of nitrogens with one attached hydrogen (secondary N) is 1. The first-order valence-electron chi connectivity index (χ1n) is 6.27. The van der Waals surface area contributed by atoms with E-state index in [1.54, 1.807) is 0 Å². The third-order valence-corrected chi connectivity index (χ3v) is 3.48. The fraction of sp³-hybridized carbons (Fsp3) is 0.583. The van der Waals surface area contributed by atoms with Crippen LogP contribution < -0.4 is 5.32 Å². The van der Waals surface area contributed by atoms with Crippen LogP contribution in [0.2, 0.25) is 0 Å². The lowest BCUT2D eigenvalue weighted by Crippen LogP contribution is -2.24. The van der Waals surface area contributed by atoms with E-state index in [2.05, 4.69) is 39.1 Å². The molecule has 1 atom stereocenters. The summed E-state index contributed by atoms with van der Waals surface area (Å²) >= 11 is 1.26. The molecule has 2 aromatic heterocycles. The molecule has 98 valence electrons. The van der Waals surface area contributed by atoms with Crippen LogP contribution in [-0.2, 0) is 19.9 Å². The molecule has 1 N–H and O–H groups in total. The van der Waals surface area contributed by atoms with Gasteiger partial charge in [0.2, 0.25) is 0 Å². The van der Waals surface area contributed by atoms with Crippen molar-refractivity contribution in [3.05, 3.63) is 29.3 Å². The molecule has 0 aromatic carbocycles. The van der Waals surface area contributed by atoms with Crippen LogP contribution in [0.25, 0.3) is 0 Å². The molecular weight excluding hydrogens is 246 g/mol. The van der Waals surface area contributed by atoms with Crippen LogP contribution in [-0.4, -0.2) is 25.1 Å². The highest BCUT2D eigenvalue weighted by Gasteiger charge is 2.16. The Balaban J connectivity index is 2.15. The van der Waals surface area contributed by atoms with Crippen LogP contribution in [0.4, 0.5) is 0 Å². The molecule has 0 aliphatic rings. The van der Waals surface area contributed by atoms with Crippen molar-refractivity contribution in [1.29, 1.82) is 0 Å². The SMILES string of the molecule is CCNC(Cc1cc(CC)nn1C)c1cnsn1. The minimum atomic E-state index is 0.217. The highest BCUT2D eigenvalue weighted by Crippen LogP contribution is 2.17. The highest BCUT2D eigenvalue weighted by molar-refractivity contribution is 6.99. The van der Waals surface area contributed by atoms with E-state index in [9.17, 15) is 0 Å². The van der Waals surface area contributed by atoms with Crippen molar-refractivity contribution in [1.82, 2.24) is 23.8 Å². The van der Waals surface area contributed by atoms with Gasteiger partial charge < -0.3 is 5.32 Å². The van der Waals surface area contributed by atoms with E-state index < -0.39 is 0 Å². The molecule has 0 radical (unpaired) electrons. The lowest BCUT2D eigenvalue weighted by molar-refractivity contribution is 0.520. The van der Waals surface area contributed by atoms with Crippen LogP contribution >= 0.6 is 11.7 Å². The standard InChI is InChI=1S/C12H19N5S/c1-4-9-6-10(17(3)15-9)7-11(13-5-2)12-8-14-18-16-12/h6,8,11,13H,4-5,7H2,1-3H3. The molecule has 0 saturated heterocycles. The van der Waals surface area contributed by atoms with E-state index in [1.807, 2.05) is 17.9 Å². The normalized spacial score (nSPS) is 12.8. The molecule has 0 aliphatic heterocycles. The van der Waals surface area contributed by atoms with Gasteiger partial charge in [0.25, 0.3) is 0 Å². The summed E-state index contributed by atoms with van der Waals surface area (Å²) in [5, 5.41) is 7.93. The molecule has 0 aliphatic carbocycles. The van der Waals surface area contributed by atoms with E-state index >= 15 is 0 Å². The predicted octanol–water partition coefficient (Wildman–Crippen LogP) is 1.73. The first kappa shape index (κ1) is 13.2. The molecule has 6 heteroatoms. The second-order valence-electron chi connectivity index (χ2n) is 4.25. The number of hydrogen-bond acceptors (Lipinski definition) is 5. The Kier molecular flexibility index (Phi) is 4.43. The molecule has 0 spiro atoms. The van der Waals surface area contributed by atoms with Gasteiger partial charge in [0.1, 0.15) is 0 Å². The monoisotopic (exact) mass is 265 g/mol. The Hall–Kier alpha value is -1.27. The summed E-state index contributed by atoms with van der Waals surface area (Å²) in [5.41, 5.74) is 3.38.